The molecule has 0 aromatic rings. The Morgan fingerprint density at radius 1 is 1.14 bits per heavy atom. The van der Waals surface area contributed by atoms with Gasteiger partial charge in [0.25, 0.3) is 0 Å². The zero-order valence-corrected chi connectivity index (χ0v) is 10.0. The minimum atomic E-state index is -0.167. The van der Waals surface area contributed by atoms with E-state index in [4.69, 9.17) is 4.74 Å². The molecule has 0 aliphatic heterocycles. The van der Waals surface area contributed by atoms with Crippen LogP contribution in [0.15, 0.2) is 0 Å². The maximum Gasteiger partial charge on any atom is 0.302 e. The normalized spacial score (nSPS) is 12.9. The number of esters is 1. The first-order chi connectivity index (χ1) is 6.52. The van der Waals surface area contributed by atoms with Crippen molar-refractivity contribution in [3.8, 4) is 0 Å². The van der Waals surface area contributed by atoms with Crippen LogP contribution in [0.1, 0.15) is 53.4 Å². The first kappa shape index (κ1) is 13.5. The molecule has 2 nitrogen and oxygen atoms in total. The summed E-state index contributed by atoms with van der Waals surface area (Å²) in [5.74, 6) is 1.31. The van der Waals surface area contributed by atoms with Gasteiger partial charge in [0.2, 0.25) is 0 Å². The minimum Gasteiger partial charge on any atom is -0.466 e. The van der Waals surface area contributed by atoms with Gasteiger partial charge in [0.15, 0.2) is 0 Å². The van der Waals surface area contributed by atoms with Crippen LogP contribution in [0.4, 0.5) is 0 Å². The van der Waals surface area contributed by atoms with Gasteiger partial charge in [0, 0.05) is 6.92 Å². The molecule has 0 saturated heterocycles. The van der Waals surface area contributed by atoms with E-state index in [9.17, 15) is 4.79 Å². The highest BCUT2D eigenvalue weighted by Crippen LogP contribution is 2.14. The van der Waals surface area contributed by atoms with Gasteiger partial charge >= 0.3 is 5.97 Å². The number of rotatable bonds is 7. The summed E-state index contributed by atoms with van der Waals surface area (Å²) in [6, 6.07) is 0. The summed E-state index contributed by atoms with van der Waals surface area (Å²) in [5, 5.41) is 0. The number of ether oxygens (including phenoxy) is 1. The Labute approximate surface area is 88.0 Å². The molecule has 2 heteroatoms. The third-order valence-corrected chi connectivity index (χ3v) is 2.39. The lowest BCUT2D eigenvalue weighted by atomic mass is 9.98. The van der Waals surface area contributed by atoms with Gasteiger partial charge in [0.05, 0.1) is 6.61 Å². The molecule has 0 rings (SSSR count). The first-order valence-corrected chi connectivity index (χ1v) is 5.65. The van der Waals surface area contributed by atoms with Gasteiger partial charge in [-0.1, -0.05) is 40.0 Å². The highest BCUT2D eigenvalue weighted by Gasteiger charge is 2.03. The summed E-state index contributed by atoms with van der Waals surface area (Å²) in [6.07, 6.45) is 4.84. The molecule has 0 aromatic heterocycles. The molecule has 0 amide bonds. The summed E-state index contributed by atoms with van der Waals surface area (Å²) in [4.78, 5) is 10.5. The number of hydrogen-bond acceptors (Lipinski definition) is 2. The monoisotopic (exact) mass is 200 g/mol. The molecule has 0 spiro atoms. The minimum absolute atomic E-state index is 0.167. The molecule has 0 aliphatic carbocycles. The highest BCUT2D eigenvalue weighted by molar-refractivity contribution is 5.65. The Kier molecular flexibility index (Phi) is 7.54. The van der Waals surface area contributed by atoms with Crippen molar-refractivity contribution in [2.45, 2.75) is 53.4 Å². The van der Waals surface area contributed by atoms with E-state index in [2.05, 4.69) is 20.8 Å². The van der Waals surface area contributed by atoms with Crippen LogP contribution in [0.25, 0.3) is 0 Å². The SMILES string of the molecule is CC(=O)OCC[C@H](C)CCCC(C)C. The van der Waals surface area contributed by atoms with Crippen molar-refractivity contribution in [2.75, 3.05) is 6.61 Å². The molecule has 0 unspecified atom stereocenters. The fourth-order valence-electron chi connectivity index (χ4n) is 1.42. The lowest BCUT2D eigenvalue weighted by Crippen LogP contribution is -2.05. The Morgan fingerprint density at radius 2 is 1.79 bits per heavy atom. The van der Waals surface area contributed by atoms with Crippen LogP contribution >= 0.6 is 0 Å². The zero-order valence-electron chi connectivity index (χ0n) is 10.0. The Hall–Kier alpha value is -0.530. The molecular weight excluding hydrogens is 176 g/mol. The van der Waals surface area contributed by atoms with Crippen molar-refractivity contribution >= 4 is 5.97 Å². The molecule has 0 fully saturated rings. The second-order valence-electron chi connectivity index (χ2n) is 4.56. The quantitative estimate of drug-likeness (QED) is 0.589. The Morgan fingerprint density at radius 3 is 2.29 bits per heavy atom. The van der Waals surface area contributed by atoms with Crippen molar-refractivity contribution in [1.82, 2.24) is 0 Å². The molecule has 0 bridgehead atoms. The summed E-state index contributed by atoms with van der Waals surface area (Å²) >= 11 is 0. The fraction of sp³-hybridized carbons (Fsp3) is 0.917. The average Bonchev–Trinajstić information content (AvgIpc) is 2.02. The van der Waals surface area contributed by atoms with E-state index in [1.165, 1.54) is 26.2 Å². The van der Waals surface area contributed by atoms with Gasteiger partial charge in [-0.05, 0) is 18.3 Å². The van der Waals surface area contributed by atoms with E-state index in [-0.39, 0.29) is 5.97 Å². The summed E-state index contributed by atoms with van der Waals surface area (Å²) in [7, 11) is 0. The van der Waals surface area contributed by atoms with Crippen LogP contribution in [-0.4, -0.2) is 12.6 Å². The van der Waals surface area contributed by atoms with Crippen LogP contribution in [0.2, 0.25) is 0 Å². The standard InChI is InChI=1S/C12H24O2/c1-10(2)6-5-7-11(3)8-9-14-12(4)13/h10-11H,5-9H2,1-4H3/t11-/m1/s1. The van der Waals surface area contributed by atoms with Crippen LogP contribution in [0.3, 0.4) is 0 Å². The number of carbonyl (C=O) groups excluding carboxylic acids is 1. The largest absolute Gasteiger partial charge is 0.466 e. The van der Waals surface area contributed by atoms with Crippen LogP contribution in [0.5, 0.6) is 0 Å². The third-order valence-electron chi connectivity index (χ3n) is 2.39. The third kappa shape index (κ3) is 9.56. The molecule has 1 atom stereocenters. The lowest BCUT2D eigenvalue weighted by molar-refractivity contribution is -0.141. The Balaban J connectivity index is 3.27. The molecule has 84 valence electrons. The van der Waals surface area contributed by atoms with E-state index in [1.807, 2.05) is 0 Å². The van der Waals surface area contributed by atoms with Crippen molar-refractivity contribution in [3.05, 3.63) is 0 Å². The van der Waals surface area contributed by atoms with E-state index < -0.39 is 0 Å². The molecule has 0 radical (unpaired) electrons. The van der Waals surface area contributed by atoms with Crippen LogP contribution < -0.4 is 0 Å². The van der Waals surface area contributed by atoms with E-state index >= 15 is 0 Å². The zero-order chi connectivity index (χ0) is 11.0. The van der Waals surface area contributed by atoms with Gasteiger partial charge in [0.1, 0.15) is 0 Å². The van der Waals surface area contributed by atoms with Gasteiger partial charge < -0.3 is 4.74 Å². The molecule has 0 saturated carbocycles. The van der Waals surface area contributed by atoms with Crippen LogP contribution in [0, 0.1) is 11.8 Å². The van der Waals surface area contributed by atoms with Gasteiger partial charge in [-0.2, -0.15) is 0 Å². The maximum absolute atomic E-state index is 10.5. The van der Waals surface area contributed by atoms with Crippen LogP contribution in [-0.2, 0) is 9.53 Å². The first-order valence-electron chi connectivity index (χ1n) is 5.65. The summed E-state index contributed by atoms with van der Waals surface area (Å²) in [6.45, 7) is 8.78. The molecule has 0 aromatic carbocycles. The average molecular weight is 200 g/mol. The fourth-order valence-corrected chi connectivity index (χ4v) is 1.42. The van der Waals surface area contributed by atoms with Gasteiger partial charge in [-0.15, -0.1) is 0 Å². The molecule has 0 aliphatic rings. The molecule has 0 N–H and O–H groups in total. The molecular formula is C12H24O2. The second-order valence-corrected chi connectivity index (χ2v) is 4.56. The highest BCUT2D eigenvalue weighted by atomic mass is 16.5. The molecule has 0 heterocycles. The smallest absolute Gasteiger partial charge is 0.302 e. The summed E-state index contributed by atoms with van der Waals surface area (Å²) < 4.78 is 4.90. The van der Waals surface area contributed by atoms with Crippen molar-refractivity contribution < 1.29 is 9.53 Å². The van der Waals surface area contributed by atoms with E-state index in [0.29, 0.717) is 12.5 Å². The lowest BCUT2D eigenvalue weighted by Gasteiger charge is -2.11. The summed E-state index contributed by atoms with van der Waals surface area (Å²) in [5.41, 5.74) is 0. The molecule has 14 heavy (non-hydrogen) atoms. The maximum atomic E-state index is 10.5. The predicted molar refractivity (Wildman–Crippen MR) is 59.1 cm³/mol. The number of carbonyl (C=O) groups is 1. The van der Waals surface area contributed by atoms with Gasteiger partial charge in [-0.3, -0.25) is 4.79 Å². The van der Waals surface area contributed by atoms with Gasteiger partial charge in [-0.25, -0.2) is 0 Å². The topological polar surface area (TPSA) is 26.3 Å². The van der Waals surface area contributed by atoms with Crippen molar-refractivity contribution in [2.24, 2.45) is 11.8 Å². The van der Waals surface area contributed by atoms with Crippen molar-refractivity contribution in [1.29, 1.82) is 0 Å². The van der Waals surface area contributed by atoms with E-state index in [0.717, 1.165) is 12.3 Å². The number of hydrogen-bond donors (Lipinski definition) is 0. The van der Waals surface area contributed by atoms with E-state index in [1.54, 1.807) is 0 Å². The second kappa shape index (κ2) is 7.84. The Bertz CT molecular complexity index is 152. The predicted octanol–water partition coefficient (Wildman–Crippen LogP) is 3.40. The van der Waals surface area contributed by atoms with Crippen molar-refractivity contribution in [3.63, 3.8) is 0 Å².